The number of amides is 4. The number of carbonyl (C=O) groups is 4. The maximum atomic E-state index is 15.0. The number of hydrogen-bond acceptors (Lipinski definition) is 4. The second-order valence-electron chi connectivity index (χ2n) is 17.5. The molecule has 0 bridgehead atoms. The molecule has 323 valence electrons. The van der Waals surface area contributed by atoms with Crippen molar-refractivity contribution in [3.63, 3.8) is 0 Å². The number of benzene rings is 5. The van der Waals surface area contributed by atoms with E-state index < -0.39 is 30.9 Å². The van der Waals surface area contributed by atoms with Crippen molar-refractivity contribution in [2.45, 2.75) is 60.8 Å². The molecule has 3 aliphatic rings. The number of carbonyl (C=O) groups excluding carboxylic acids is 4. The molecule has 1 aliphatic carbocycles. The monoisotopic (exact) mass is 1040 g/mol. The third kappa shape index (κ3) is 7.79. The van der Waals surface area contributed by atoms with Crippen LogP contribution in [0.4, 0.5) is 0 Å². The van der Waals surface area contributed by atoms with Gasteiger partial charge in [-0.25, -0.2) is 0 Å². The molecule has 0 radical (unpaired) electrons. The molecule has 8 heteroatoms. The fourth-order valence-corrected chi connectivity index (χ4v) is 15.5. The van der Waals surface area contributed by atoms with Crippen LogP contribution in [-0.4, -0.2) is 46.5 Å². The summed E-state index contributed by atoms with van der Waals surface area (Å²) >= 11 is 1.72. The van der Waals surface area contributed by atoms with Crippen LogP contribution >= 0.6 is 7.26 Å². The van der Waals surface area contributed by atoms with Gasteiger partial charge in [0.1, 0.15) is 0 Å². The Morgan fingerprint density at radius 2 is 1.08 bits per heavy atom. The summed E-state index contributed by atoms with van der Waals surface area (Å²) in [4.78, 5) is 61.4. The van der Waals surface area contributed by atoms with Crippen LogP contribution in [0.2, 0.25) is 0 Å². The molecular formula is C56H53N2O4OsP+. The molecule has 0 saturated heterocycles. The van der Waals surface area contributed by atoms with Gasteiger partial charge in [0.25, 0.3) is 0 Å². The molecule has 6 nitrogen and oxygen atoms in total. The molecule has 64 heavy (non-hydrogen) atoms. The van der Waals surface area contributed by atoms with Gasteiger partial charge in [-0.15, -0.1) is 0 Å². The first-order valence-corrected chi connectivity index (χ1v) is 25.2. The summed E-state index contributed by atoms with van der Waals surface area (Å²) in [6.07, 6.45) is 15.2. The van der Waals surface area contributed by atoms with Gasteiger partial charge >= 0.3 is 363 Å². The van der Waals surface area contributed by atoms with Crippen molar-refractivity contribution in [1.29, 1.82) is 0 Å². The van der Waals surface area contributed by atoms with Crippen LogP contribution in [0, 0.1) is 16.2 Å². The van der Waals surface area contributed by atoms with E-state index >= 15 is 4.79 Å². The van der Waals surface area contributed by atoms with E-state index in [2.05, 4.69) is 121 Å². The molecule has 2 aliphatic heterocycles. The van der Waals surface area contributed by atoms with E-state index in [0.717, 1.165) is 30.1 Å². The zero-order chi connectivity index (χ0) is 45.3. The normalized spacial score (nSPS) is 17.1. The zero-order valence-electron chi connectivity index (χ0n) is 37.3. The molecule has 0 spiro atoms. The molecule has 0 N–H and O–H groups in total. The first-order valence-electron chi connectivity index (χ1n) is 22.2. The van der Waals surface area contributed by atoms with Crippen molar-refractivity contribution in [3.8, 4) is 4.37 Å². The Hall–Kier alpha value is -5.81. The Kier molecular flexibility index (Phi) is 13.1. The van der Waals surface area contributed by atoms with Gasteiger partial charge in [-0.3, -0.25) is 0 Å². The van der Waals surface area contributed by atoms with E-state index in [-0.39, 0.29) is 24.9 Å². The second-order valence-corrected chi connectivity index (χ2v) is 21.5. The molecule has 8 rings (SSSR count). The van der Waals surface area contributed by atoms with Crippen LogP contribution < -0.4 is 15.9 Å². The molecular weight excluding hydrogens is 986 g/mol. The third-order valence-corrected chi connectivity index (χ3v) is 17.7. The molecule has 5 aromatic rings. The minimum absolute atomic E-state index is 0.00239. The molecule has 0 unspecified atom stereocenters. The van der Waals surface area contributed by atoms with Gasteiger partial charge in [-0.1, -0.05) is 19.9 Å². The van der Waals surface area contributed by atoms with E-state index in [1.54, 1.807) is 30.1 Å². The first-order chi connectivity index (χ1) is 31.0. The van der Waals surface area contributed by atoms with E-state index in [0.29, 0.717) is 44.2 Å². The molecule has 2 heterocycles. The Balaban J connectivity index is 1.50. The number of nitrogens with zero attached hydrogens (tertiary/aromatic N) is 2. The summed E-state index contributed by atoms with van der Waals surface area (Å²) in [7, 11) is -2.65. The standard InChI is InChI=1S/C56H53N2O4P.Os/c1-8-20-42-32-47-52-50(56(62)58(53(47)59)35-37(5)6)43(33-48-51(52)49(42)55(61)57(54(48)60)34-36(3)4)30-29-40(31-41-22-19-21-39(41)9-2)38(7)63(44-23-13-10-14-24-44,45-25-15-11-16-26-45)46-27-17-12-18-28-46;/h8-18,20,23-33,36-37H,19,21-22,34-35H2,1-6H3;/q+1;/b20-8+,30-29+,39-9?,40-38?,41-31?;. The van der Waals surface area contributed by atoms with Gasteiger partial charge in [0.05, 0.1) is 0 Å². The number of allylic oxidation sites excluding steroid dienone is 8. The fourth-order valence-electron chi connectivity index (χ4n) is 9.67. The summed E-state index contributed by atoms with van der Waals surface area (Å²) in [5.74, 6) is -1.69. The number of hydrogen-bond donors (Lipinski definition) is 0. The van der Waals surface area contributed by atoms with E-state index in [9.17, 15) is 14.4 Å². The molecule has 5 aromatic carbocycles. The Labute approximate surface area is 387 Å². The topological polar surface area (TPSA) is 74.8 Å². The minimum atomic E-state index is -2.65. The Bertz CT molecular complexity index is 2820. The molecule has 1 saturated carbocycles. The summed E-state index contributed by atoms with van der Waals surface area (Å²) < 4.78 is 3.81. The van der Waals surface area contributed by atoms with Crippen LogP contribution in [0.25, 0.3) is 22.9 Å². The Morgan fingerprint density at radius 3 is 1.48 bits per heavy atom. The van der Waals surface area contributed by atoms with Gasteiger partial charge < -0.3 is 0 Å². The van der Waals surface area contributed by atoms with Crippen molar-refractivity contribution < 1.29 is 37.1 Å². The van der Waals surface area contributed by atoms with E-state index in [1.165, 1.54) is 36.9 Å². The summed E-state index contributed by atoms with van der Waals surface area (Å²) in [5, 5.41) is 5.33. The zero-order valence-corrected chi connectivity index (χ0v) is 40.7. The number of rotatable bonds is 12. The van der Waals surface area contributed by atoms with Gasteiger partial charge in [-0.05, 0) is 6.92 Å². The predicted octanol–water partition coefficient (Wildman–Crippen LogP) is 11.2. The molecule has 0 aromatic heterocycles. The van der Waals surface area contributed by atoms with Crippen molar-refractivity contribution >= 4 is 69.7 Å². The fraction of sp³-hybridized carbons (Fsp3) is 0.232. The average molecular weight is 1040 g/mol. The SMILES string of the molecule is CC=C1CCCC1=CC(/C=C/c1cc2c3c(c(/C=C/C)cc4c3c1C(=O)N(CC(C)C)C4=O)C(=O)N(CC(C)C)C2=O)=C([C]#[Os])[P+](c1ccccc1)(c1ccccc1)c1ccccc1. The number of imide groups is 2. The van der Waals surface area contributed by atoms with Crippen LogP contribution in [0.3, 0.4) is 0 Å². The second kappa shape index (κ2) is 18.7. The van der Waals surface area contributed by atoms with Gasteiger partial charge in [0.2, 0.25) is 0 Å². The molecule has 4 amide bonds. The molecule has 1 fully saturated rings. The maximum absolute atomic E-state index is 15.0. The average Bonchev–Trinajstić information content (AvgIpc) is 3.76. The van der Waals surface area contributed by atoms with Crippen LogP contribution in [0.15, 0.2) is 149 Å². The van der Waals surface area contributed by atoms with Gasteiger partial charge in [0.15, 0.2) is 0 Å². The van der Waals surface area contributed by atoms with Crippen LogP contribution in [-0.2, 0) is 17.9 Å². The van der Waals surface area contributed by atoms with Gasteiger partial charge in [-0.2, -0.15) is 0 Å². The van der Waals surface area contributed by atoms with Crippen molar-refractivity contribution in [1.82, 2.24) is 9.80 Å². The van der Waals surface area contributed by atoms with E-state index in [4.69, 9.17) is 0 Å². The predicted molar refractivity (Wildman–Crippen MR) is 260 cm³/mol. The summed E-state index contributed by atoms with van der Waals surface area (Å²) in [6.45, 7) is 12.3. The summed E-state index contributed by atoms with van der Waals surface area (Å²) in [5.41, 5.74) is 5.87. The van der Waals surface area contributed by atoms with Gasteiger partial charge in [0, 0.05) is 0 Å². The van der Waals surface area contributed by atoms with Crippen molar-refractivity contribution in [2.75, 3.05) is 13.1 Å². The summed E-state index contributed by atoms with van der Waals surface area (Å²) in [6, 6.07) is 35.7. The Morgan fingerprint density at radius 1 is 0.641 bits per heavy atom. The van der Waals surface area contributed by atoms with E-state index in [1.807, 2.05) is 52.8 Å². The van der Waals surface area contributed by atoms with Crippen LogP contribution in [0.1, 0.15) is 113 Å². The quantitative estimate of drug-likeness (QED) is 0.0709. The third-order valence-electron chi connectivity index (χ3n) is 12.3. The van der Waals surface area contributed by atoms with Crippen molar-refractivity contribution in [3.05, 3.63) is 183 Å². The first kappa shape index (κ1) is 44.8. The van der Waals surface area contributed by atoms with Crippen LogP contribution in [0.5, 0.6) is 0 Å². The van der Waals surface area contributed by atoms with Crippen molar-refractivity contribution in [2.24, 2.45) is 11.8 Å². The molecule has 0 atom stereocenters.